The van der Waals surface area contributed by atoms with Crippen LogP contribution in [0.4, 0.5) is 13.2 Å². The Morgan fingerprint density at radius 2 is 1.60 bits per heavy atom. The van der Waals surface area contributed by atoms with Gasteiger partial charge in [-0.1, -0.05) is 18.2 Å². The van der Waals surface area contributed by atoms with E-state index >= 15 is 0 Å². The van der Waals surface area contributed by atoms with Crippen LogP contribution in [0.15, 0.2) is 66.9 Å². The van der Waals surface area contributed by atoms with E-state index in [-0.39, 0.29) is 41.2 Å². The molecule has 4 aromatic rings. The molecular weight excluding hydrogens is 523 g/mol. The number of aryl methyl sites for hydroxylation is 1. The van der Waals surface area contributed by atoms with Crippen LogP contribution in [0.3, 0.4) is 0 Å². The van der Waals surface area contributed by atoms with E-state index in [0.29, 0.717) is 17.2 Å². The van der Waals surface area contributed by atoms with Crippen LogP contribution in [0, 0.1) is 6.92 Å². The summed E-state index contributed by atoms with van der Waals surface area (Å²) in [5.41, 5.74) is 0.253. The molecule has 0 fully saturated rings. The van der Waals surface area contributed by atoms with E-state index in [1.165, 1.54) is 18.3 Å². The van der Waals surface area contributed by atoms with Crippen molar-refractivity contribution in [2.45, 2.75) is 26.2 Å². The molecule has 1 aliphatic rings. The number of rotatable bonds is 7. The van der Waals surface area contributed by atoms with Crippen molar-refractivity contribution >= 4 is 17.6 Å². The zero-order chi connectivity index (χ0) is 28.8. The lowest BCUT2D eigenvalue weighted by molar-refractivity contribution is -0.137. The highest BCUT2D eigenvalue weighted by molar-refractivity contribution is 6.21. The molecule has 0 radical (unpaired) electrons. The average Bonchev–Trinajstić information content (AvgIpc) is 3.35. The Balaban J connectivity index is 1.70. The summed E-state index contributed by atoms with van der Waals surface area (Å²) >= 11 is 0. The zero-order valence-corrected chi connectivity index (χ0v) is 21.9. The predicted octanol–water partition coefficient (Wildman–Crippen LogP) is 4.68. The van der Waals surface area contributed by atoms with Gasteiger partial charge in [-0.25, -0.2) is 4.98 Å². The van der Waals surface area contributed by atoms with Crippen LogP contribution < -0.4 is 0 Å². The van der Waals surface area contributed by atoms with Crippen LogP contribution in [0.5, 0.6) is 0 Å². The lowest BCUT2D eigenvalue weighted by atomic mass is 10.0. The van der Waals surface area contributed by atoms with Crippen molar-refractivity contribution in [3.8, 4) is 5.69 Å². The number of benzene rings is 2. The van der Waals surface area contributed by atoms with Crippen LogP contribution in [-0.4, -0.2) is 56.0 Å². The Kier molecular flexibility index (Phi) is 6.84. The summed E-state index contributed by atoms with van der Waals surface area (Å²) in [5, 5.41) is 0. The summed E-state index contributed by atoms with van der Waals surface area (Å²) in [7, 11) is 3.59. The molecule has 0 aliphatic carbocycles. The van der Waals surface area contributed by atoms with Crippen molar-refractivity contribution in [2.24, 2.45) is 0 Å². The molecule has 0 saturated heterocycles. The van der Waals surface area contributed by atoms with Crippen molar-refractivity contribution in [1.82, 2.24) is 24.3 Å². The van der Waals surface area contributed by atoms with Crippen molar-refractivity contribution in [2.75, 3.05) is 14.1 Å². The topological polar surface area (TPSA) is 88.4 Å². The third-order valence-corrected chi connectivity index (χ3v) is 6.59. The number of imide groups is 1. The summed E-state index contributed by atoms with van der Waals surface area (Å²) < 4.78 is 42.8. The minimum absolute atomic E-state index is 0.0315. The maximum absolute atomic E-state index is 13.8. The lowest BCUT2D eigenvalue weighted by Crippen LogP contribution is -2.31. The summed E-state index contributed by atoms with van der Waals surface area (Å²) in [4.78, 5) is 51.4. The summed E-state index contributed by atoms with van der Waals surface area (Å²) in [6.07, 6.45) is -3.31. The fourth-order valence-corrected chi connectivity index (χ4v) is 4.74. The Labute approximate surface area is 227 Å². The molecule has 5 rings (SSSR count). The minimum atomic E-state index is -4.70. The largest absolute Gasteiger partial charge is 0.416 e. The molecule has 0 saturated carbocycles. The number of aromatic nitrogens is 3. The maximum Gasteiger partial charge on any atom is 0.416 e. The number of carbonyl (C=O) groups is 3. The highest BCUT2D eigenvalue weighted by atomic mass is 19.4. The Morgan fingerprint density at radius 3 is 2.17 bits per heavy atom. The van der Waals surface area contributed by atoms with Gasteiger partial charge in [0, 0.05) is 11.8 Å². The van der Waals surface area contributed by atoms with Crippen LogP contribution in [0.1, 0.15) is 59.5 Å². The highest BCUT2D eigenvalue weighted by Gasteiger charge is 2.37. The first-order valence-corrected chi connectivity index (χ1v) is 12.3. The van der Waals surface area contributed by atoms with Crippen LogP contribution in [0.25, 0.3) is 5.69 Å². The van der Waals surface area contributed by atoms with Gasteiger partial charge in [0.15, 0.2) is 0 Å². The monoisotopic (exact) mass is 547 g/mol. The van der Waals surface area contributed by atoms with Crippen molar-refractivity contribution < 1.29 is 27.6 Å². The lowest BCUT2D eigenvalue weighted by Gasteiger charge is -2.21. The fraction of sp³-hybridized carbons (Fsp3) is 0.207. The first-order chi connectivity index (χ1) is 19.0. The summed E-state index contributed by atoms with van der Waals surface area (Å²) in [5.74, 6) is -1.27. The zero-order valence-electron chi connectivity index (χ0n) is 21.9. The van der Waals surface area contributed by atoms with Crippen LogP contribution in [-0.2, 0) is 19.3 Å². The predicted molar refractivity (Wildman–Crippen MR) is 139 cm³/mol. The molecule has 40 heavy (non-hydrogen) atoms. The van der Waals surface area contributed by atoms with Gasteiger partial charge in [0.2, 0.25) is 5.78 Å². The first-order valence-electron chi connectivity index (χ1n) is 12.3. The molecule has 2 aromatic heterocycles. The number of carbonyl (C=O) groups excluding carboxylic acids is 3. The van der Waals surface area contributed by atoms with Gasteiger partial charge < -0.3 is 4.90 Å². The van der Waals surface area contributed by atoms with Crippen molar-refractivity contribution in [3.05, 3.63) is 112 Å². The molecule has 11 heteroatoms. The molecule has 0 N–H and O–H groups in total. The van der Waals surface area contributed by atoms with Gasteiger partial charge in [-0.05, 0) is 63.5 Å². The highest BCUT2D eigenvalue weighted by Crippen LogP contribution is 2.34. The number of hydrogen-bond acceptors (Lipinski definition) is 6. The standard InChI is InChI=1S/C29H24F3N5O3/c1-17-24(15-36-27(39)19-8-4-5-9-20(19)28(36)40)37(25(34-17)16-35(2)3)23-12-11-18(29(30,31)32)14-21(23)26(38)22-10-6-7-13-33-22/h4-14H,15-16H2,1-3H3. The molecule has 0 unspecified atom stereocenters. The third kappa shape index (κ3) is 4.79. The number of hydrogen-bond donors (Lipinski definition) is 0. The molecule has 8 nitrogen and oxygen atoms in total. The van der Waals surface area contributed by atoms with Gasteiger partial charge in [0.1, 0.15) is 11.5 Å². The second-order valence-electron chi connectivity index (χ2n) is 9.65. The van der Waals surface area contributed by atoms with Crippen molar-refractivity contribution in [3.63, 3.8) is 0 Å². The average molecular weight is 548 g/mol. The normalized spacial score (nSPS) is 13.3. The second-order valence-corrected chi connectivity index (χ2v) is 9.65. The maximum atomic E-state index is 13.8. The molecule has 0 spiro atoms. The van der Waals surface area contributed by atoms with Crippen LogP contribution >= 0.6 is 0 Å². The molecular formula is C29H24F3N5O3. The number of alkyl halides is 3. The fourth-order valence-electron chi connectivity index (χ4n) is 4.74. The SMILES string of the molecule is Cc1nc(CN(C)C)n(-c2ccc(C(F)(F)F)cc2C(=O)c2ccccn2)c1CN1C(=O)c2ccccc2C1=O. The van der Waals surface area contributed by atoms with Gasteiger partial charge in [0.05, 0.1) is 46.9 Å². The van der Waals surface area contributed by atoms with E-state index in [2.05, 4.69) is 9.97 Å². The third-order valence-electron chi connectivity index (χ3n) is 6.59. The number of ketones is 1. The molecule has 204 valence electrons. The van der Waals surface area contributed by atoms with E-state index in [1.807, 2.05) is 4.90 Å². The molecule has 2 amide bonds. The molecule has 0 atom stereocenters. The molecule has 0 bridgehead atoms. The number of amides is 2. The number of nitrogens with zero attached hydrogens (tertiary/aromatic N) is 5. The van der Waals surface area contributed by atoms with E-state index < -0.39 is 29.3 Å². The van der Waals surface area contributed by atoms with E-state index in [0.717, 1.165) is 17.0 Å². The minimum Gasteiger partial charge on any atom is -0.302 e. The van der Waals surface area contributed by atoms with Gasteiger partial charge in [-0.15, -0.1) is 0 Å². The van der Waals surface area contributed by atoms with E-state index in [1.54, 1.807) is 62.0 Å². The Morgan fingerprint density at radius 1 is 0.950 bits per heavy atom. The van der Waals surface area contributed by atoms with Crippen molar-refractivity contribution in [1.29, 1.82) is 0 Å². The summed E-state index contributed by atoms with van der Waals surface area (Å²) in [6, 6.07) is 14.0. The number of imidazole rings is 1. The van der Waals surface area contributed by atoms with Gasteiger partial charge in [-0.3, -0.25) is 28.8 Å². The Hall–Kier alpha value is -4.64. The smallest absolute Gasteiger partial charge is 0.302 e. The van der Waals surface area contributed by atoms with Gasteiger partial charge in [0.25, 0.3) is 11.8 Å². The quantitative estimate of drug-likeness (QED) is 0.247. The van der Waals surface area contributed by atoms with Gasteiger partial charge in [-0.2, -0.15) is 13.2 Å². The summed E-state index contributed by atoms with van der Waals surface area (Å²) in [6.45, 7) is 1.76. The number of halogens is 3. The van der Waals surface area contributed by atoms with Gasteiger partial charge >= 0.3 is 6.18 Å². The molecule has 3 heterocycles. The number of pyridine rings is 1. The van der Waals surface area contributed by atoms with Crippen LogP contribution in [0.2, 0.25) is 0 Å². The number of fused-ring (bicyclic) bond motifs is 1. The van der Waals surface area contributed by atoms with E-state index in [9.17, 15) is 27.6 Å². The second kappa shape index (κ2) is 10.2. The van der Waals surface area contributed by atoms with E-state index in [4.69, 9.17) is 0 Å². The molecule has 1 aliphatic heterocycles. The first kappa shape index (κ1) is 26.9. The molecule has 2 aromatic carbocycles. The Bertz CT molecular complexity index is 1610.